The summed E-state index contributed by atoms with van der Waals surface area (Å²) in [6.45, 7) is 11.9. The van der Waals surface area contributed by atoms with E-state index in [-0.39, 0.29) is 18.1 Å². The number of carbonyl (C=O) groups excluding carboxylic acids is 2. The SMILES string of the molecule is Cc1ccc(S(=O)(=O)[OH+]S(c2ccc(OCC(=O)OC(C)(C)C)cc2)(c2ccc(OCC(=O)OC(C)(C)C)cc2)c2cccnc2)cc1. The van der Waals surface area contributed by atoms with Crippen LogP contribution in [-0.2, 0) is 29.2 Å². The third-order valence-corrected chi connectivity index (χ3v) is 11.8. The molecular formula is C36H42NO9S2+. The predicted octanol–water partition coefficient (Wildman–Crippen LogP) is 7.51. The van der Waals surface area contributed by atoms with E-state index < -0.39 is 43.6 Å². The van der Waals surface area contributed by atoms with Crippen LogP contribution in [0.25, 0.3) is 0 Å². The van der Waals surface area contributed by atoms with Gasteiger partial charge >= 0.3 is 22.1 Å². The van der Waals surface area contributed by atoms with Crippen LogP contribution < -0.4 is 9.47 Å². The molecule has 0 radical (unpaired) electrons. The Labute approximate surface area is 284 Å². The topological polar surface area (TPSA) is 131 Å². The molecule has 0 atom stereocenters. The highest BCUT2D eigenvalue weighted by molar-refractivity contribution is 8.32. The second-order valence-corrected chi connectivity index (χ2v) is 17.4. The first-order valence-corrected chi connectivity index (χ1v) is 18.2. The van der Waals surface area contributed by atoms with E-state index in [1.54, 1.807) is 127 Å². The van der Waals surface area contributed by atoms with Crippen molar-refractivity contribution in [3.63, 3.8) is 0 Å². The Kier molecular flexibility index (Phi) is 11.2. The molecule has 4 rings (SSSR count). The van der Waals surface area contributed by atoms with Crippen LogP contribution in [0, 0.1) is 6.92 Å². The van der Waals surface area contributed by atoms with Gasteiger partial charge in [0.25, 0.3) is 0 Å². The maximum absolute atomic E-state index is 14.1. The second-order valence-electron chi connectivity index (χ2n) is 12.8. The Morgan fingerprint density at radius 3 is 1.48 bits per heavy atom. The summed E-state index contributed by atoms with van der Waals surface area (Å²) in [5.41, 5.74) is -0.404. The van der Waals surface area contributed by atoms with Crippen molar-refractivity contribution in [2.45, 2.75) is 79.3 Å². The third kappa shape index (κ3) is 9.82. The van der Waals surface area contributed by atoms with E-state index in [9.17, 15) is 18.0 Å². The summed E-state index contributed by atoms with van der Waals surface area (Å²) in [4.78, 5) is 30.6. The van der Waals surface area contributed by atoms with Gasteiger partial charge in [0.2, 0.25) is 0 Å². The van der Waals surface area contributed by atoms with Crippen molar-refractivity contribution in [1.82, 2.24) is 4.98 Å². The zero-order chi connectivity index (χ0) is 35.2. The molecule has 0 saturated heterocycles. The van der Waals surface area contributed by atoms with Crippen LogP contribution >= 0.6 is 10.3 Å². The van der Waals surface area contributed by atoms with Crippen LogP contribution in [-0.4, -0.2) is 53.4 Å². The van der Waals surface area contributed by atoms with Crippen LogP contribution in [0.4, 0.5) is 0 Å². The van der Waals surface area contributed by atoms with Crippen LogP contribution in [0.3, 0.4) is 0 Å². The molecular weight excluding hydrogens is 655 g/mol. The summed E-state index contributed by atoms with van der Waals surface area (Å²) in [5, 5.41) is 0. The van der Waals surface area contributed by atoms with Gasteiger partial charge in [-0.25, -0.2) is 9.59 Å². The van der Waals surface area contributed by atoms with E-state index in [1.807, 2.05) is 6.92 Å². The molecule has 1 heterocycles. The average Bonchev–Trinajstić information content (AvgIpc) is 3.01. The Bertz CT molecular complexity index is 1720. The molecule has 0 unspecified atom stereocenters. The molecule has 0 fully saturated rings. The molecule has 0 aliphatic rings. The molecule has 0 aliphatic carbocycles. The number of carbonyl (C=O) groups is 2. The number of hydrogen-bond acceptors (Lipinski definition) is 9. The fourth-order valence-electron chi connectivity index (χ4n) is 4.45. The molecule has 1 N–H and O–H groups in total. The number of aryl methyl sites for hydroxylation is 1. The fraction of sp³-hybridized carbons (Fsp3) is 0.306. The van der Waals surface area contributed by atoms with Gasteiger partial charge in [-0.1, -0.05) is 17.7 Å². The number of benzene rings is 3. The first-order valence-electron chi connectivity index (χ1n) is 15.2. The smallest absolute Gasteiger partial charge is 0.422 e. The maximum Gasteiger partial charge on any atom is 0.422 e. The number of rotatable bonds is 12. The first-order chi connectivity index (χ1) is 22.5. The van der Waals surface area contributed by atoms with Gasteiger partial charge in [0.1, 0.15) is 27.6 Å². The van der Waals surface area contributed by atoms with E-state index >= 15 is 0 Å². The monoisotopic (exact) mass is 696 g/mol. The fourth-order valence-corrected chi connectivity index (χ4v) is 9.85. The van der Waals surface area contributed by atoms with Crippen LogP contribution in [0.1, 0.15) is 47.1 Å². The first kappa shape index (κ1) is 36.4. The van der Waals surface area contributed by atoms with Crippen molar-refractivity contribution >= 4 is 32.4 Å². The van der Waals surface area contributed by atoms with Gasteiger partial charge in [-0.15, -0.1) is 8.42 Å². The molecule has 0 amide bonds. The molecule has 3 aromatic carbocycles. The second kappa shape index (κ2) is 14.8. The van der Waals surface area contributed by atoms with Gasteiger partial charge in [-0.2, -0.15) is 0 Å². The minimum atomic E-state index is -4.23. The summed E-state index contributed by atoms with van der Waals surface area (Å²) < 4.78 is 54.9. The number of ether oxygens (including phenoxy) is 4. The van der Waals surface area contributed by atoms with Crippen molar-refractivity contribution in [3.8, 4) is 11.5 Å². The normalized spacial score (nSPS) is 12.6. The average molecular weight is 697 g/mol. The zero-order valence-corrected chi connectivity index (χ0v) is 29.8. The molecule has 1 aromatic heterocycles. The van der Waals surface area contributed by atoms with Gasteiger partial charge in [0, 0.05) is 12.4 Å². The zero-order valence-electron chi connectivity index (χ0n) is 28.1. The molecule has 48 heavy (non-hydrogen) atoms. The van der Waals surface area contributed by atoms with E-state index in [0.29, 0.717) is 26.2 Å². The summed E-state index contributed by atoms with van der Waals surface area (Å²) >= 11 is 0. The highest BCUT2D eigenvalue weighted by Crippen LogP contribution is 2.68. The lowest BCUT2D eigenvalue weighted by atomic mass is 10.2. The predicted molar refractivity (Wildman–Crippen MR) is 183 cm³/mol. The van der Waals surface area contributed by atoms with E-state index in [0.717, 1.165) is 5.56 Å². The van der Waals surface area contributed by atoms with Crippen LogP contribution in [0.2, 0.25) is 0 Å². The Balaban J connectivity index is 1.77. The molecule has 0 aliphatic heterocycles. The van der Waals surface area contributed by atoms with Gasteiger partial charge in [0.05, 0.1) is 25.0 Å². The third-order valence-electron chi connectivity index (χ3n) is 6.39. The van der Waals surface area contributed by atoms with Crippen molar-refractivity contribution in [2.75, 3.05) is 13.2 Å². The van der Waals surface area contributed by atoms with E-state index in [2.05, 4.69) is 4.98 Å². The largest absolute Gasteiger partial charge is 0.482 e. The van der Waals surface area contributed by atoms with Gasteiger partial charge in [0.15, 0.2) is 13.2 Å². The highest BCUT2D eigenvalue weighted by Gasteiger charge is 2.44. The molecule has 10 nitrogen and oxygen atoms in total. The quantitative estimate of drug-likeness (QED) is 0.0839. The number of esters is 2. The Morgan fingerprint density at radius 1 is 0.646 bits per heavy atom. The lowest BCUT2D eigenvalue weighted by Gasteiger charge is -2.34. The van der Waals surface area contributed by atoms with E-state index in [1.165, 1.54) is 12.1 Å². The summed E-state index contributed by atoms with van der Waals surface area (Å²) in [6.07, 6.45) is 3.20. The number of nitrogens with zero attached hydrogens (tertiary/aromatic N) is 1. The van der Waals surface area contributed by atoms with Crippen LogP contribution in [0.15, 0.2) is 117 Å². The van der Waals surface area contributed by atoms with Crippen molar-refractivity contribution in [3.05, 3.63) is 103 Å². The Morgan fingerprint density at radius 2 is 1.08 bits per heavy atom. The Hall–Kier alpha value is -4.39. The van der Waals surface area contributed by atoms with E-state index in [4.69, 9.17) is 22.6 Å². The van der Waals surface area contributed by atoms with Crippen LogP contribution in [0.5, 0.6) is 11.5 Å². The molecule has 0 spiro atoms. The molecule has 0 saturated carbocycles. The molecule has 256 valence electrons. The lowest BCUT2D eigenvalue weighted by Crippen LogP contribution is -2.27. The molecule has 12 heteroatoms. The number of pyridine rings is 1. The highest BCUT2D eigenvalue weighted by atomic mass is 32.3. The standard InChI is InChI=1S/C36H41NO9S2/c1-26-10-16-31(17-11-26)48(40,41)46-47(32-9-8-22-37-23-32,29-18-12-27(13-19-29)42-24-33(38)44-35(2,3)4)30-20-14-28(15-21-30)43-25-34(39)45-36(5,6)7/h8-23H,24-25H2,1-7H3/p+1. The molecule has 0 bridgehead atoms. The summed E-state index contributed by atoms with van der Waals surface area (Å²) in [6, 6.07) is 23.6. The van der Waals surface area contributed by atoms with Gasteiger partial charge in [-0.3, -0.25) is 8.61 Å². The minimum absolute atomic E-state index is 0.0449. The number of hydrogen-bond donors (Lipinski definition) is 0. The lowest BCUT2D eigenvalue weighted by molar-refractivity contribution is -0.158. The summed E-state index contributed by atoms with van der Waals surface area (Å²) in [7, 11) is -7.14. The maximum atomic E-state index is 14.1. The van der Waals surface area contributed by atoms with Crippen molar-refractivity contribution in [1.29, 1.82) is 0 Å². The number of aromatic nitrogens is 1. The van der Waals surface area contributed by atoms with Crippen molar-refractivity contribution in [2.24, 2.45) is 0 Å². The van der Waals surface area contributed by atoms with Gasteiger partial charge in [-0.05, 0) is 121 Å². The summed E-state index contributed by atoms with van der Waals surface area (Å²) in [5.74, 6) is -0.266. The molecule has 4 aromatic rings. The minimum Gasteiger partial charge on any atom is -0.482 e. The van der Waals surface area contributed by atoms with Crippen molar-refractivity contribution < 1.29 is 40.6 Å². The van der Waals surface area contributed by atoms with Gasteiger partial charge < -0.3 is 18.9 Å².